The Morgan fingerprint density at radius 1 is 0.907 bits per heavy atom. The maximum atomic E-state index is 13.5. The molecule has 3 rings (SSSR count). The summed E-state index contributed by atoms with van der Waals surface area (Å²) in [6.45, 7) is 2.00. The lowest BCUT2D eigenvalue weighted by molar-refractivity contribution is -0.127. The van der Waals surface area contributed by atoms with Crippen LogP contribution in [0, 0.1) is 5.92 Å². The van der Waals surface area contributed by atoms with Crippen LogP contribution in [0.2, 0.25) is 0 Å². The Hall–Kier alpha value is -4.39. The van der Waals surface area contributed by atoms with Gasteiger partial charge in [-0.05, 0) is 63.4 Å². The second-order valence-corrected chi connectivity index (χ2v) is 10.4. The number of fused-ring (bicyclic) bond motifs is 1. The number of anilines is 1. The molecule has 2 aromatic carbocycles. The van der Waals surface area contributed by atoms with Crippen molar-refractivity contribution in [3.8, 4) is 0 Å². The monoisotopic (exact) mass is 590 g/mol. The number of benzene rings is 2. The van der Waals surface area contributed by atoms with Crippen molar-refractivity contribution in [1.29, 1.82) is 0 Å². The van der Waals surface area contributed by atoms with Crippen LogP contribution in [0.25, 0.3) is 10.9 Å². The van der Waals surface area contributed by atoms with Gasteiger partial charge in [-0.1, -0.05) is 48.5 Å². The standard InChI is InChI=1S/C31H42N8O4/c1-21(34)29(41)38-39(18-15-28(40)23(13-16-32)14-17-33)31(43)37-27(12-11-22-7-3-2-4-8-22)30(42)36-25-19-24-9-5-6-10-26(24)35-20-25/h2-10,19-21,23,27H,11-18,32-34H2,1H3,(H,36,42)(H,37,43)(H,38,41)/t21-,27-/m0/s1. The number of rotatable bonds is 15. The molecule has 1 heterocycles. The average molecular weight is 591 g/mol. The number of nitrogens with two attached hydrogens (primary N) is 3. The molecular weight excluding hydrogens is 548 g/mol. The lowest BCUT2D eigenvalue weighted by atomic mass is 9.94. The largest absolute Gasteiger partial charge is 0.336 e. The first-order valence-electron chi connectivity index (χ1n) is 14.5. The molecular formula is C31H42N8O4. The Bertz CT molecular complexity index is 1360. The number of carbonyl (C=O) groups is 4. The number of hydrogen-bond donors (Lipinski definition) is 6. The number of pyridine rings is 1. The van der Waals surface area contributed by atoms with Gasteiger partial charge in [0.25, 0.3) is 5.91 Å². The van der Waals surface area contributed by atoms with E-state index in [0.717, 1.165) is 21.5 Å². The van der Waals surface area contributed by atoms with Crippen molar-refractivity contribution in [3.63, 3.8) is 0 Å². The Kier molecular flexibility index (Phi) is 13.0. The van der Waals surface area contributed by atoms with E-state index in [-0.39, 0.29) is 31.1 Å². The fourth-order valence-electron chi connectivity index (χ4n) is 4.56. The van der Waals surface area contributed by atoms with Crippen LogP contribution in [0.15, 0.2) is 66.9 Å². The van der Waals surface area contributed by atoms with Crippen LogP contribution in [-0.4, -0.2) is 65.3 Å². The second kappa shape index (κ2) is 16.9. The maximum Gasteiger partial charge on any atom is 0.336 e. The SMILES string of the molecule is C[C@H](N)C(=O)NN(CCC(=O)C(CCN)CCN)C(=O)N[C@@H](CCc1ccccc1)C(=O)Nc1cnc2ccccc2c1. The van der Waals surface area contributed by atoms with Gasteiger partial charge in [-0.3, -0.25) is 24.8 Å². The number of aromatic nitrogens is 1. The predicted octanol–water partition coefficient (Wildman–Crippen LogP) is 1.84. The molecule has 0 saturated carbocycles. The van der Waals surface area contributed by atoms with Crippen LogP contribution < -0.4 is 33.3 Å². The van der Waals surface area contributed by atoms with Crippen molar-refractivity contribution in [2.45, 2.75) is 51.1 Å². The van der Waals surface area contributed by atoms with Gasteiger partial charge in [0.1, 0.15) is 11.8 Å². The highest BCUT2D eigenvalue weighted by atomic mass is 16.2. The van der Waals surface area contributed by atoms with E-state index in [0.29, 0.717) is 38.0 Å². The molecule has 0 aliphatic heterocycles. The smallest absolute Gasteiger partial charge is 0.330 e. The highest BCUT2D eigenvalue weighted by Gasteiger charge is 2.27. The third kappa shape index (κ3) is 10.4. The van der Waals surface area contributed by atoms with Crippen molar-refractivity contribution in [2.24, 2.45) is 23.1 Å². The molecule has 9 N–H and O–H groups in total. The van der Waals surface area contributed by atoms with Crippen LogP contribution in [0.1, 0.15) is 38.2 Å². The van der Waals surface area contributed by atoms with Crippen LogP contribution >= 0.6 is 0 Å². The molecule has 0 bridgehead atoms. The van der Waals surface area contributed by atoms with E-state index in [1.54, 1.807) is 12.3 Å². The molecule has 2 atom stereocenters. The number of urea groups is 1. The van der Waals surface area contributed by atoms with E-state index in [1.807, 2.05) is 54.6 Å². The van der Waals surface area contributed by atoms with Crippen molar-refractivity contribution in [3.05, 3.63) is 72.4 Å². The minimum atomic E-state index is -0.980. The van der Waals surface area contributed by atoms with E-state index in [4.69, 9.17) is 17.2 Å². The molecule has 4 amide bonds. The molecule has 0 unspecified atom stereocenters. The number of para-hydroxylation sites is 1. The number of Topliss-reactive ketones (excluding diaryl/α,β-unsaturated/α-hetero) is 1. The first-order valence-corrected chi connectivity index (χ1v) is 14.5. The van der Waals surface area contributed by atoms with Gasteiger partial charge in [0.2, 0.25) is 5.91 Å². The van der Waals surface area contributed by atoms with E-state index < -0.39 is 29.9 Å². The summed E-state index contributed by atoms with van der Waals surface area (Å²) in [6, 6.07) is 16.2. The molecule has 12 nitrogen and oxygen atoms in total. The van der Waals surface area contributed by atoms with Gasteiger partial charge in [-0.2, -0.15) is 0 Å². The van der Waals surface area contributed by atoms with Gasteiger partial charge in [0.05, 0.1) is 30.0 Å². The Morgan fingerprint density at radius 2 is 1.58 bits per heavy atom. The van der Waals surface area contributed by atoms with Gasteiger partial charge < -0.3 is 27.8 Å². The van der Waals surface area contributed by atoms with Crippen molar-refractivity contribution in [1.82, 2.24) is 20.7 Å². The predicted molar refractivity (Wildman–Crippen MR) is 166 cm³/mol. The first kappa shape index (κ1) is 33.1. The third-order valence-electron chi connectivity index (χ3n) is 7.01. The summed E-state index contributed by atoms with van der Waals surface area (Å²) in [5.74, 6) is -1.53. The zero-order valence-corrected chi connectivity index (χ0v) is 24.5. The number of aryl methyl sites for hydroxylation is 1. The summed E-state index contributed by atoms with van der Waals surface area (Å²) in [7, 11) is 0. The summed E-state index contributed by atoms with van der Waals surface area (Å²) in [5, 5.41) is 7.43. The van der Waals surface area contributed by atoms with Crippen molar-refractivity contribution in [2.75, 3.05) is 25.0 Å². The van der Waals surface area contributed by atoms with E-state index in [1.165, 1.54) is 6.92 Å². The van der Waals surface area contributed by atoms with Crippen LogP contribution in [0.5, 0.6) is 0 Å². The molecule has 0 radical (unpaired) electrons. The zero-order chi connectivity index (χ0) is 31.2. The minimum Gasteiger partial charge on any atom is -0.330 e. The van der Waals surface area contributed by atoms with Crippen LogP contribution in [0.4, 0.5) is 10.5 Å². The van der Waals surface area contributed by atoms with E-state index in [9.17, 15) is 19.2 Å². The number of amides is 4. The molecule has 12 heteroatoms. The molecule has 0 spiro atoms. The van der Waals surface area contributed by atoms with Crippen molar-refractivity contribution < 1.29 is 19.2 Å². The number of hydrogen-bond acceptors (Lipinski definition) is 8. The van der Waals surface area contributed by atoms with E-state index in [2.05, 4.69) is 21.0 Å². The van der Waals surface area contributed by atoms with Gasteiger partial charge in [-0.25, -0.2) is 9.80 Å². The molecule has 43 heavy (non-hydrogen) atoms. The number of ketones is 1. The maximum absolute atomic E-state index is 13.5. The minimum absolute atomic E-state index is 0.0407. The lowest BCUT2D eigenvalue weighted by Gasteiger charge is -2.27. The van der Waals surface area contributed by atoms with Gasteiger partial charge in [-0.15, -0.1) is 0 Å². The Labute approximate surface area is 251 Å². The highest BCUT2D eigenvalue weighted by molar-refractivity contribution is 5.98. The Morgan fingerprint density at radius 3 is 2.26 bits per heavy atom. The van der Waals surface area contributed by atoms with Gasteiger partial charge in [0, 0.05) is 17.7 Å². The van der Waals surface area contributed by atoms with Crippen LogP contribution in [0.3, 0.4) is 0 Å². The van der Waals surface area contributed by atoms with Crippen LogP contribution in [-0.2, 0) is 20.8 Å². The average Bonchev–Trinajstić information content (AvgIpc) is 3.01. The molecule has 1 aromatic heterocycles. The normalized spacial score (nSPS) is 12.4. The first-order chi connectivity index (χ1) is 20.7. The van der Waals surface area contributed by atoms with Gasteiger partial charge in [0.15, 0.2) is 0 Å². The zero-order valence-electron chi connectivity index (χ0n) is 24.5. The summed E-state index contributed by atoms with van der Waals surface area (Å²) in [6.07, 6.45) is 3.22. The molecule has 0 aliphatic rings. The Balaban J connectivity index is 1.78. The van der Waals surface area contributed by atoms with Gasteiger partial charge >= 0.3 is 6.03 Å². The third-order valence-corrected chi connectivity index (χ3v) is 7.01. The highest BCUT2D eigenvalue weighted by Crippen LogP contribution is 2.17. The lowest BCUT2D eigenvalue weighted by Crippen LogP contribution is -2.57. The number of nitrogens with one attached hydrogen (secondary N) is 3. The number of hydrazine groups is 1. The number of nitrogens with zero attached hydrogens (tertiary/aromatic N) is 2. The quantitative estimate of drug-likeness (QED) is 0.144. The van der Waals surface area contributed by atoms with E-state index >= 15 is 0 Å². The molecule has 230 valence electrons. The topological polar surface area (TPSA) is 199 Å². The fraction of sp³-hybridized carbons (Fsp3) is 0.387. The fourth-order valence-corrected chi connectivity index (χ4v) is 4.56. The molecule has 3 aromatic rings. The summed E-state index contributed by atoms with van der Waals surface area (Å²) in [4.78, 5) is 56.7. The summed E-state index contributed by atoms with van der Waals surface area (Å²) in [5.41, 5.74) is 21.8. The molecule has 0 saturated heterocycles. The summed E-state index contributed by atoms with van der Waals surface area (Å²) < 4.78 is 0. The van der Waals surface area contributed by atoms with Crippen molar-refractivity contribution >= 4 is 40.2 Å². The molecule has 0 aliphatic carbocycles. The summed E-state index contributed by atoms with van der Waals surface area (Å²) >= 11 is 0. The second-order valence-electron chi connectivity index (χ2n) is 10.4. The molecule has 0 fully saturated rings. The number of carbonyl (C=O) groups excluding carboxylic acids is 4.